The lowest BCUT2D eigenvalue weighted by Gasteiger charge is -2.35. The standard InChI is InChI=1S/C31H38N4O6S/c1-22-11-10-14-25(17-22)20-33(28(30(37)32-31(3,4)5)18-24-12-8-7-9-13-24)29(36)21-34(42(6,40)41)27-19-26(35(38)39)16-15-23(27)2/h7-17,19,28H,18,20-21H2,1-6H3,(H,32,37)/t28-/m1/s1. The quantitative estimate of drug-likeness (QED) is 0.256. The van der Waals surface area contributed by atoms with Crippen LogP contribution in [0.2, 0.25) is 0 Å². The van der Waals surface area contributed by atoms with E-state index in [4.69, 9.17) is 0 Å². The van der Waals surface area contributed by atoms with E-state index < -0.39 is 39.0 Å². The minimum atomic E-state index is -4.06. The van der Waals surface area contributed by atoms with Gasteiger partial charge in [-0.05, 0) is 51.3 Å². The molecule has 1 atom stereocenters. The van der Waals surface area contributed by atoms with Gasteiger partial charge >= 0.3 is 0 Å². The summed E-state index contributed by atoms with van der Waals surface area (Å²) >= 11 is 0. The monoisotopic (exact) mass is 594 g/mol. The number of non-ortho nitro benzene ring substituents is 1. The van der Waals surface area contributed by atoms with Gasteiger partial charge < -0.3 is 10.2 Å². The lowest BCUT2D eigenvalue weighted by atomic mass is 10.0. The zero-order chi connectivity index (χ0) is 31.2. The first kappa shape index (κ1) is 32.3. The molecule has 10 nitrogen and oxygen atoms in total. The molecule has 0 aliphatic heterocycles. The molecule has 3 rings (SSSR count). The topological polar surface area (TPSA) is 130 Å². The van der Waals surface area contributed by atoms with E-state index in [9.17, 15) is 28.1 Å². The number of anilines is 1. The molecule has 3 aromatic carbocycles. The molecule has 0 fully saturated rings. The molecule has 0 saturated heterocycles. The molecule has 0 heterocycles. The highest BCUT2D eigenvalue weighted by Gasteiger charge is 2.35. The number of rotatable bonds is 11. The Morgan fingerprint density at radius 2 is 1.60 bits per heavy atom. The fourth-order valence-corrected chi connectivity index (χ4v) is 5.49. The van der Waals surface area contributed by atoms with Crippen molar-refractivity contribution in [1.82, 2.24) is 10.2 Å². The summed E-state index contributed by atoms with van der Waals surface area (Å²) in [6.07, 6.45) is 1.13. The van der Waals surface area contributed by atoms with Gasteiger partial charge in [-0.2, -0.15) is 0 Å². The molecule has 42 heavy (non-hydrogen) atoms. The molecule has 1 N–H and O–H groups in total. The van der Waals surface area contributed by atoms with E-state index in [1.54, 1.807) is 6.92 Å². The van der Waals surface area contributed by atoms with Gasteiger partial charge in [0.05, 0.1) is 16.9 Å². The van der Waals surface area contributed by atoms with Crippen molar-refractivity contribution >= 4 is 33.2 Å². The predicted molar refractivity (Wildman–Crippen MR) is 164 cm³/mol. The number of hydrogen-bond donors (Lipinski definition) is 1. The van der Waals surface area contributed by atoms with Crippen molar-refractivity contribution in [3.05, 3.63) is 105 Å². The maximum atomic E-state index is 14.2. The third-order valence-corrected chi connectivity index (χ3v) is 7.68. The Hall–Kier alpha value is -4.25. The molecule has 11 heteroatoms. The molecule has 0 aromatic heterocycles. The Kier molecular flexibility index (Phi) is 10.1. The van der Waals surface area contributed by atoms with Gasteiger partial charge in [-0.15, -0.1) is 0 Å². The molecule has 0 radical (unpaired) electrons. The van der Waals surface area contributed by atoms with Crippen LogP contribution in [0.5, 0.6) is 0 Å². The van der Waals surface area contributed by atoms with E-state index in [-0.39, 0.29) is 30.2 Å². The van der Waals surface area contributed by atoms with Gasteiger partial charge in [-0.25, -0.2) is 8.42 Å². The minimum Gasteiger partial charge on any atom is -0.350 e. The zero-order valence-electron chi connectivity index (χ0n) is 24.8. The van der Waals surface area contributed by atoms with E-state index in [1.807, 2.05) is 82.3 Å². The largest absolute Gasteiger partial charge is 0.350 e. The molecule has 0 aliphatic carbocycles. The van der Waals surface area contributed by atoms with Gasteiger partial charge in [0.25, 0.3) is 5.69 Å². The number of hydrogen-bond acceptors (Lipinski definition) is 6. The van der Waals surface area contributed by atoms with Gasteiger partial charge in [-0.3, -0.25) is 24.0 Å². The van der Waals surface area contributed by atoms with Crippen LogP contribution in [0.15, 0.2) is 72.8 Å². The van der Waals surface area contributed by atoms with Crippen molar-refractivity contribution < 1.29 is 22.9 Å². The number of nitro groups is 1. The van der Waals surface area contributed by atoms with Gasteiger partial charge in [-0.1, -0.05) is 66.2 Å². The van der Waals surface area contributed by atoms with E-state index in [0.29, 0.717) is 5.56 Å². The number of amides is 2. The van der Waals surface area contributed by atoms with Crippen molar-refractivity contribution in [1.29, 1.82) is 0 Å². The first-order valence-electron chi connectivity index (χ1n) is 13.5. The molecule has 224 valence electrons. The molecule has 2 amide bonds. The van der Waals surface area contributed by atoms with Crippen LogP contribution < -0.4 is 9.62 Å². The van der Waals surface area contributed by atoms with E-state index in [1.165, 1.54) is 17.0 Å². The Morgan fingerprint density at radius 1 is 0.952 bits per heavy atom. The molecular weight excluding hydrogens is 556 g/mol. The van der Waals surface area contributed by atoms with Crippen LogP contribution in [0.25, 0.3) is 0 Å². The Morgan fingerprint density at radius 3 is 2.17 bits per heavy atom. The van der Waals surface area contributed by atoms with Crippen LogP contribution in [0.1, 0.15) is 43.0 Å². The first-order chi connectivity index (χ1) is 19.5. The van der Waals surface area contributed by atoms with Gasteiger partial charge in [0.2, 0.25) is 21.8 Å². The number of carbonyl (C=O) groups is 2. The van der Waals surface area contributed by atoms with Crippen LogP contribution >= 0.6 is 0 Å². The lowest BCUT2D eigenvalue weighted by molar-refractivity contribution is -0.384. The number of aryl methyl sites for hydroxylation is 2. The van der Waals surface area contributed by atoms with Crippen molar-refractivity contribution in [3.8, 4) is 0 Å². The fourth-order valence-electron chi connectivity index (χ4n) is 4.59. The van der Waals surface area contributed by atoms with Crippen LogP contribution in [-0.4, -0.2) is 54.4 Å². The third-order valence-electron chi connectivity index (χ3n) is 6.56. The summed E-state index contributed by atoms with van der Waals surface area (Å²) in [5.41, 5.74) is 2.11. The average Bonchev–Trinajstić information content (AvgIpc) is 2.88. The zero-order valence-corrected chi connectivity index (χ0v) is 25.6. The van der Waals surface area contributed by atoms with Crippen LogP contribution in [0, 0.1) is 24.0 Å². The highest BCUT2D eigenvalue weighted by Crippen LogP contribution is 2.28. The molecular formula is C31H38N4O6S. The fraction of sp³-hybridized carbons (Fsp3) is 0.355. The number of nitrogens with one attached hydrogen (secondary N) is 1. The number of benzene rings is 3. The van der Waals surface area contributed by atoms with Crippen molar-refractivity contribution in [2.24, 2.45) is 0 Å². The predicted octanol–water partition coefficient (Wildman–Crippen LogP) is 4.53. The summed E-state index contributed by atoms with van der Waals surface area (Å²) in [4.78, 5) is 40.2. The molecule has 0 unspecified atom stereocenters. The Bertz CT molecular complexity index is 1550. The second kappa shape index (κ2) is 13.2. The molecule has 0 spiro atoms. The van der Waals surface area contributed by atoms with Crippen LogP contribution in [0.3, 0.4) is 0 Å². The maximum Gasteiger partial charge on any atom is 0.271 e. The van der Waals surface area contributed by atoms with Gasteiger partial charge in [0, 0.05) is 30.6 Å². The Balaban J connectivity index is 2.13. The van der Waals surface area contributed by atoms with E-state index >= 15 is 0 Å². The summed E-state index contributed by atoms with van der Waals surface area (Å²) in [5.74, 6) is -1.01. The van der Waals surface area contributed by atoms with E-state index in [2.05, 4.69) is 5.32 Å². The highest BCUT2D eigenvalue weighted by atomic mass is 32.2. The molecule has 3 aromatic rings. The van der Waals surface area contributed by atoms with Crippen molar-refractivity contribution in [2.75, 3.05) is 17.1 Å². The normalized spacial score (nSPS) is 12.3. The Labute approximate surface area is 247 Å². The lowest BCUT2D eigenvalue weighted by Crippen LogP contribution is -2.56. The smallest absolute Gasteiger partial charge is 0.271 e. The summed E-state index contributed by atoms with van der Waals surface area (Å²) in [6.45, 7) is 8.44. The number of nitro benzene ring substituents is 1. The number of carbonyl (C=O) groups excluding carboxylic acids is 2. The summed E-state index contributed by atoms with van der Waals surface area (Å²) in [7, 11) is -4.06. The third kappa shape index (κ3) is 8.87. The molecule has 0 bridgehead atoms. The van der Waals surface area contributed by atoms with Gasteiger partial charge in [0.1, 0.15) is 12.6 Å². The SMILES string of the molecule is Cc1cccc(CN(C(=O)CN(c2cc([N+](=O)[O-])ccc2C)S(C)(=O)=O)[C@H](Cc2ccccc2)C(=O)NC(C)(C)C)c1. The van der Waals surface area contributed by atoms with Crippen molar-refractivity contribution in [2.45, 2.75) is 59.2 Å². The second-order valence-electron chi connectivity index (χ2n) is 11.5. The summed E-state index contributed by atoms with van der Waals surface area (Å²) in [5, 5.41) is 14.4. The average molecular weight is 595 g/mol. The number of nitrogens with zero attached hydrogens (tertiary/aromatic N) is 3. The van der Waals surface area contributed by atoms with Crippen LogP contribution in [-0.2, 0) is 32.6 Å². The van der Waals surface area contributed by atoms with Gasteiger partial charge in [0.15, 0.2) is 0 Å². The molecule has 0 saturated carbocycles. The highest BCUT2D eigenvalue weighted by molar-refractivity contribution is 7.92. The number of sulfonamides is 1. The second-order valence-corrected chi connectivity index (χ2v) is 13.4. The first-order valence-corrected chi connectivity index (χ1v) is 15.3. The summed E-state index contributed by atoms with van der Waals surface area (Å²) < 4.78 is 26.9. The maximum absolute atomic E-state index is 14.2. The van der Waals surface area contributed by atoms with Crippen molar-refractivity contribution in [3.63, 3.8) is 0 Å². The van der Waals surface area contributed by atoms with E-state index in [0.717, 1.165) is 33.3 Å². The summed E-state index contributed by atoms with van der Waals surface area (Å²) in [6, 6.07) is 19.7. The van der Waals surface area contributed by atoms with Crippen LogP contribution in [0.4, 0.5) is 11.4 Å². The minimum absolute atomic E-state index is 0.0225. The molecule has 0 aliphatic rings.